The van der Waals surface area contributed by atoms with Crippen LogP contribution in [0.2, 0.25) is 10.0 Å². The molecule has 2 fully saturated rings. The fourth-order valence-corrected chi connectivity index (χ4v) is 6.89. The zero-order valence-corrected chi connectivity index (χ0v) is 18.8. The molecule has 0 N–H and O–H groups in total. The van der Waals surface area contributed by atoms with Gasteiger partial charge in [0.05, 0.1) is 16.4 Å². The van der Waals surface area contributed by atoms with Gasteiger partial charge in [-0.3, -0.25) is 4.79 Å². The first-order valence-electron chi connectivity index (χ1n) is 10.1. The summed E-state index contributed by atoms with van der Waals surface area (Å²) >= 11 is 12.2. The number of nitrogens with zero attached hydrogens (tertiary/aromatic N) is 4. The molecule has 10 heteroatoms. The van der Waals surface area contributed by atoms with Gasteiger partial charge >= 0.3 is 0 Å². The third-order valence-electron chi connectivity index (χ3n) is 6.04. The fourth-order valence-electron chi connectivity index (χ4n) is 4.33. The highest BCUT2D eigenvalue weighted by Crippen LogP contribution is 2.34. The van der Waals surface area contributed by atoms with Gasteiger partial charge in [-0.25, -0.2) is 13.4 Å². The predicted molar refractivity (Wildman–Crippen MR) is 115 cm³/mol. The van der Waals surface area contributed by atoms with Crippen LogP contribution in [0.25, 0.3) is 0 Å². The fraction of sp³-hybridized carbons (Fsp3) is 0.500. The van der Waals surface area contributed by atoms with E-state index < -0.39 is 10.0 Å². The molecule has 1 amide bonds. The molecule has 0 spiro atoms. The van der Waals surface area contributed by atoms with E-state index in [0.717, 1.165) is 25.9 Å². The van der Waals surface area contributed by atoms with Gasteiger partial charge in [-0.15, -0.1) is 0 Å². The number of amides is 1. The van der Waals surface area contributed by atoms with E-state index in [4.69, 9.17) is 23.2 Å². The van der Waals surface area contributed by atoms with E-state index in [1.807, 2.05) is 17.4 Å². The lowest BCUT2D eigenvalue weighted by Gasteiger charge is -2.37. The summed E-state index contributed by atoms with van der Waals surface area (Å²) in [7, 11) is -3.79. The quantitative estimate of drug-likeness (QED) is 0.685. The maximum atomic E-state index is 13.0. The third-order valence-corrected chi connectivity index (χ3v) is 8.90. The molecule has 30 heavy (non-hydrogen) atoms. The van der Waals surface area contributed by atoms with Crippen molar-refractivity contribution in [3.8, 4) is 0 Å². The molecule has 7 nitrogen and oxygen atoms in total. The number of likely N-dealkylation sites (tertiary alicyclic amines) is 1. The van der Waals surface area contributed by atoms with Crippen molar-refractivity contribution in [1.29, 1.82) is 0 Å². The van der Waals surface area contributed by atoms with Crippen molar-refractivity contribution >= 4 is 39.1 Å². The number of carbonyl (C=O) groups excluding carboxylic acids is 1. The van der Waals surface area contributed by atoms with Gasteiger partial charge in [0.1, 0.15) is 4.90 Å². The Labute approximate surface area is 186 Å². The van der Waals surface area contributed by atoms with Gasteiger partial charge in [-0.05, 0) is 37.8 Å². The van der Waals surface area contributed by atoms with Crippen LogP contribution < -0.4 is 0 Å². The summed E-state index contributed by atoms with van der Waals surface area (Å²) < 4.78 is 29.5. The SMILES string of the molecule is O=C(C1CCN(S(=O)(=O)c2c(Cl)cccc2Cl)CC1)N1CCC(n2ccnc2)CC1. The molecule has 0 aliphatic carbocycles. The first kappa shape index (κ1) is 21.6. The molecular weight excluding hydrogens is 447 g/mol. The van der Waals surface area contributed by atoms with Crippen molar-refractivity contribution in [2.45, 2.75) is 36.6 Å². The number of aromatic nitrogens is 2. The standard InChI is InChI=1S/C20H24Cl2N4O3S/c21-17-2-1-3-18(22)19(17)30(28,29)26-11-4-15(5-12-26)20(27)24-9-6-16(7-10-24)25-13-8-23-14-25/h1-3,8,13-16H,4-7,9-12H2. The van der Waals surface area contributed by atoms with Crippen LogP contribution in [0.3, 0.4) is 0 Å². The van der Waals surface area contributed by atoms with Crippen LogP contribution in [0.1, 0.15) is 31.7 Å². The van der Waals surface area contributed by atoms with Crippen LogP contribution in [-0.2, 0) is 14.8 Å². The van der Waals surface area contributed by atoms with E-state index in [1.54, 1.807) is 12.3 Å². The normalized spacial score (nSPS) is 19.9. The molecule has 0 saturated carbocycles. The highest BCUT2D eigenvalue weighted by atomic mass is 35.5. The van der Waals surface area contributed by atoms with Crippen LogP contribution in [0.15, 0.2) is 41.8 Å². The Bertz CT molecular complexity index is 977. The van der Waals surface area contributed by atoms with Crippen LogP contribution in [-0.4, -0.2) is 59.3 Å². The molecule has 3 heterocycles. The second-order valence-corrected chi connectivity index (χ2v) is 10.5. The smallest absolute Gasteiger partial charge is 0.246 e. The molecule has 162 valence electrons. The van der Waals surface area contributed by atoms with Gasteiger partial charge in [0.15, 0.2) is 0 Å². The van der Waals surface area contributed by atoms with Gasteiger partial charge in [0.25, 0.3) is 0 Å². The Morgan fingerprint density at radius 1 is 1.00 bits per heavy atom. The number of imidazole rings is 1. The number of hydrogen-bond donors (Lipinski definition) is 0. The summed E-state index contributed by atoms with van der Waals surface area (Å²) in [5, 5.41) is 0.225. The van der Waals surface area contributed by atoms with E-state index in [1.165, 1.54) is 16.4 Å². The first-order valence-corrected chi connectivity index (χ1v) is 12.3. The molecule has 0 unspecified atom stereocenters. The number of halogens is 2. The Hall–Kier alpha value is -1.61. The summed E-state index contributed by atoms with van der Waals surface area (Å²) in [5.74, 6) is -0.0186. The van der Waals surface area contributed by atoms with Gasteiger partial charge in [0.2, 0.25) is 15.9 Å². The molecular formula is C20H24Cl2N4O3S. The maximum Gasteiger partial charge on any atom is 0.246 e. The molecule has 0 radical (unpaired) electrons. The number of hydrogen-bond acceptors (Lipinski definition) is 4. The van der Waals surface area contributed by atoms with Crippen LogP contribution in [0.4, 0.5) is 0 Å². The monoisotopic (exact) mass is 470 g/mol. The number of rotatable bonds is 4. The molecule has 4 rings (SSSR count). The van der Waals surface area contributed by atoms with E-state index in [2.05, 4.69) is 9.55 Å². The average Bonchev–Trinajstić information content (AvgIpc) is 3.28. The number of sulfonamides is 1. The zero-order chi connectivity index (χ0) is 21.3. The van der Waals surface area contributed by atoms with Crippen molar-refractivity contribution in [3.63, 3.8) is 0 Å². The van der Waals surface area contributed by atoms with E-state index in [0.29, 0.717) is 18.9 Å². The molecule has 2 aliphatic rings. The van der Waals surface area contributed by atoms with Gasteiger partial charge in [-0.2, -0.15) is 4.31 Å². The topological polar surface area (TPSA) is 75.5 Å². The van der Waals surface area contributed by atoms with E-state index in [9.17, 15) is 13.2 Å². The minimum absolute atomic E-state index is 0.0558. The van der Waals surface area contributed by atoms with Crippen molar-refractivity contribution < 1.29 is 13.2 Å². The van der Waals surface area contributed by atoms with Crippen molar-refractivity contribution in [1.82, 2.24) is 18.8 Å². The van der Waals surface area contributed by atoms with Crippen molar-refractivity contribution in [3.05, 3.63) is 47.0 Å². The van der Waals surface area contributed by atoms with Crippen molar-refractivity contribution in [2.24, 2.45) is 5.92 Å². The Morgan fingerprint density at radius 2 is 1.63 bits per heavy atom. The predicted octanol–water partition coefficient (Wildman–Crippen LogP) is 3.45. The lowest BCUT2D eigenvalue weighted by molar-refractivity contribution is -0.138. The molecule has 2 aliphatic heterocycles. The second-order valence-electron chi connectivity index (χ2n) is 7.80. The van der Waals surface area contributed by atoms with Gasteiger partial charge < -0.3 is 9.47 Å². The Morgan fingerprint density at radius 3 is 2.20 bits per heavy atom. The molecule has 2 aromatic rings. The number of piperidine rings is 2. The highest BCUT2D eigenvalue weighted by Gasteiger charge is 2.36. The molecule has 0 bridgehead atoms. The second kappa shape index (κ2) is 8.86. The molecule has 1 aromatic heterocycles. The lowest BCUT2D eigenvalue weighted by atomic mass is 9.95. The highest BCUT2D eigenvalue weighted by molar-refractivity contribution is 7.89. The van der Waals surface area contributed by atoms with E-state index in [-0.39, 0.29) is 39.9 Å². The summed E-state index contributed by atoms with van der Waals surface area (Å²) in [4.78, 5) is 18.9. The number of benzene rings is 1. The summed E-state index contributed by atoms with van der Waals surface area (Å²) in [6, 6.07) is 5.03. The first-order chi connectivity index (χ1) is 14.4. The van der Waals surface area contributed by atoms with Crippen LogP contribution >= 0.6 is 23.2 Å². The summed E-state index contributed by atoms with van der Waals surface area (Å²) in [6.07, 6.45) is 8.37. The van der Waals surface area contributed by atoms with Crippen molar-refractivity contribution in [2.75, 3.05) is 26.2 Å². The lowest BCUT2D eigenvalue weighted by Crippen LogP contribution is -2.46. The molecule has 1 aromatic carbocycles. The van der Waals surface area contributed by atoms with Crippen LogP contribution in [0.5, 0.6) is 0 Å². The minimum atomic E-state index is -3.79. The zero-order valence-electron chi connectivity index (χ0n) is 16.5. The average molecular weight is 471 g/mol. The third kappa shape index (κ3) is 4.23. The summed E-state index contributed by atoms with van der Waals surface area (Å²) in [5.41, 5.74) is 0. The van der Waals surface area contributed by atoms with E-state index >= 15 is 0 Å². The largest absolute Gasteiger partial charge is 0.342 e. The Balaban J connectivity index is 1.35. The summed E-state index contributed by atoms with van der Waals surface area (Å²) in [6.45, 7) is 2.00. The minimum Gasteiger partial charge on any atom is -0.342 e. The van der Waals surface area contributed by atoms with Gasteiger partial charge in [0, 0.05) is 50.5 Å². The molecule has 2 saturated heterocycles. The number of carbonyl (C=O) groups is 1. The maximum absolute atomic E-state index is 13.0. The molecule has 0 atom stereocenters. The Kier molecular flexibility index (Phi) is 6.39. The van der Waals surface area contributed by atoms with Gasteiger partial charge in [-0.1, -0.05) is 29.3 Å². The van der Waals surface area contributed by atoms with Crippen LogP contribution in [0, 0.1) is 5.92 Å².